The number of aryl methyl sites for hydroxylation is 1. The lowest BCUT2D eigenvalue weighted by Crippen LogP contribution is -2.48. The molecule has 0 spiro atoms. The lowest BCUT2D eigenvalue weighted by Gasteiger charge is -2.29. The van der Waals surface area contributed by atoms with E-state index in [1.54, 1.807) is 6.92 Å². The Balaban J connectivity index is 2.12. The number of carbonyl (C=O) groups excluding carboxylic acids is 2. The van der Waals surface area contributed by atoms with Crippen molar-refractivity contribution >= 4 is 27.5 Å². The molecule has 2 aromatic carbocycles. The van der Waals surface area contributed by atoms with Gasteiger partial charge in [0.1, 0.15) is 11.9 Å². The fraction of sp³-hybridized carbons (Fsp3) is 0.462. The van der Waals surface area contributed by atoms with Crippen LogP contribution >= 0.6 is 0 Å². The molecule has 2 amide bonds. The number of carbonyl (C=O) groups is 2. The average Bonchev–Trinajstić information content (AvgIpc) is 2.81. The van der Waals surface area contributed by atoms with Gasteiger partial charge >= 0.3 is 0 Å². The van der Waals surface area contributed by atoms with Crippen molar-refractivity contribution in [3.8, 4) is 0 Å². The maximum atomic E-state index is 13.3. The Bertz CT molecular complexity index is 1070. The molecule has 0 bridgehead atoms. The number of anilines is 1. The fourth-order valence-electron chi connectivity index (χ4n) is 3.62. The highest BCUT2D eigenvalue weighted by atomic mass is 32.2. The fourth-order valence-corrected chi connectivity index (χ4v) is 4.59. The number of amides is 2. The highest BCUT2D eigenvalue weighted by Gasteiger charge is 2.26. The van der Waals surface area contributed by atoms with E-state index in [1.807, 2.05) is 38.1 Å². The highest BCUT2D eigenvalue weighted by Crippen LogP contribution is 2.19. The van der Waals surface area contributed by atoms with E-state index in [0.29, 0.717) is 12.2 Å². The van der Waals surface area contributed by atoms with Crippen molar-refractivity contribution < 1.29 is 22.4 Å². The Kier molecular flexibility index (Phi) is 10.7. The van der Waals surface area contributed by atoms with Gasteiger partial charge in [-0.2, -0.15) is 0 Å². The van der Waals surface area contributed by atoms with Crippen molar-refractivity contribution in [2.75, 3.05) is 23.7 Å². The zero-order valence-corrected chi connectivity index (χ0v) is 21.8. The van der Waals surface area contributed by atoms with Crippen LogP contribution < -0.4 is 9.62 Å². The quantitative estimate of drug-likeness (QED) is 0.417. The Morgan fingerprint density at radius 2 is 1.66 bits per heavy atom. The van der Waals surface area contributed by atoms with E-state index in [4.69, 9.17) is 0 Å². The summed E-state index contributed by atoms with van der Waals surface area (Å²) in [4.78, 5) is 27.5. The van der Waals surface area contributed by atoms with Crippen LogP contribution in [0.1, 0.15) is 50.7 Å². The number of sulfonamides is 1. The molecule has 0 aliphatic rings. The first-order chi connectivity index (χ1) is 16.5. The number of hydrogen-bond acceptors (Lipinski definition) is 4. The molecule has 2 aromatic rings. The van der Waals surface area contributed by atoms with E-state index in [2.05, 4.69) is 5.32 Å². The largest absolute Gasteiger partial charge is 0.354 e. The Labute approximate surface area is 208 Å². The van der Waals surface area contributed by atoms with E-state index in [1.165, 1.54) is 29.2 Å². The van der Waals surface area contributed by atoms with Crippen LogP contribution in [0.3, 0.4) is 0 Å². The van der Waals surface area contributed by atoms with Gasteiger partial charge in [-0.15, -0.1) is 0 Å². The number of rotatable bonds is 13. The van der Waals surface area contributed by atoms with Crippen LogP contribution in [0, 0.1) is 12.7 Å². The monoisotopic (exact) mass is 505 g/mol. The van der Waals surface area contributed by atoms with Crippen LogP contribution in [-0.2, 0) is 26.2 Å². The maximum absolute atomic E-state index is 13.3. The second kappa shape index (κ2) is 13.2. The average molecular weight is 506 g/mol. The smallest absolute Gasteiger partial charge is 0.242 e. The lowest BCUT2D eigenvalue weighted by molar-refractivity contribution is -0.140. The minimum atomic E-state index is -3.62. The van der Waals surface area contributed by atoms with Gasteiger partial charge in [-0.25, -0.2) is 12.8 Å². The summed E-state index contributed by atoms with van der Waals surface area (Å²) >= 11 is 0. The van der Waals surface area contributed by atoms with Crippen molar-refractivity contribution in [2.24, 2.45) is 0 Å². The van der Waals surface area contributed by atoms with Gasteiger partial charge < -0.3 is 10.2 Å². The second-order valence-electron chi connectivity index (χ2n) is 8.74. The third kappa shape index (κ3) is 8.98. The zero-order valence-electron chi connectivity index (χ0n) is 21.0. The molecule has 0 heterocycles. The molecule has 1 unspecified atom stereocenters. The van der Waals surface area contributed by atoms with Gasteiger partial charge in [0.25, 0.3) is 0 Å². The van der Waals surface area contributed by atoms with Gasteiger partial charge in [0, 0.05) is 26.1 Å². The third-order valence-electron chi connectivity index (χ3n) is 5.74. The van der Waals surface area contributed by atoms with Crippen molar-refractivity contribution in [3.63, 3.8) is 0 Å². The minimum Gasteiger partial charge on any atom is -0.354 e. The summed E-state index contributed by atoms with van der Waals surface area (Å²) in [6.45, 7) is 6.60. The first-order valence-electron chi connectivity index (χ1n) is 11.9. The summed E-state index contributed by atoms with van der Waals surface area (Å²) in [6, 6.07) is 12.3. The van der Waals surface area contributed by atoms with Crippen LogP contribution in [-0.4, -0.2) is 50.5 Å². The Hall–Kier alpha value is -2.94. The summed E-state index contributed by atoms with van der Waals surface area (Å²) in [5, 5.41) is 2.88. The number of halogens is 1. The van der Waals surface area contributed by atoms with Gasteiger partial charge in [-0.05, 0) is 56.5 Å². The molecule has 0 aliphatic heterocycles. The molecule has 192 valence electrons. The topological polar surface area (TPSA) is 86.8 Å². The number of nitrogens with zero attached hydrogens (tertiary/aromatic N) is 2. The van der Waals surface area contributed by atoms with E-state index in [9.17, 15) is 22.4 Å². The van der Waals surface area contributed by atoms with Crippen molar-refractivity contribution in [3.05, 3.63) is 65.5 Å². The summed E-state index contributed by atoms with van der Waals surface area (Å²) in [5.41, 5.74) is 2.33. The highest BCUT2D eigenvalue weighted by molar-refractivity contribution is 7.92. The number of hydrogen-bond donors (Lipinski definition) is 1. The van der Waals surface area contributed by atoms with E-state index in [-0.39, 0.29) is 37.7 Å². The van der Waals surface area contributed by atoms with Crippen molar-refractivity contribution in [1.82, 2.24) is 10.2 Å². The van der Waals surface area contributed by atoms with E-state index < -0.39 is 21.9 Å². The van der Waals surface area contributed by atoms with Gasteiger partial charge in [-0.3, -0.25) is 13.9 Å². The molecule has 0 saturated heterocycles. The molecule has 1 N–H and O–H groups in total. The normalized spacial score (nSPS) is 12.1. The molecule has 0 saturated carbocycles. The molecule has 0 fully saturated rings. The summed E-state index contributed by atoms with van der Waals surface area (Å²) in [7, 11) is -3.62. The van der Waals surface area contributed by atoms with Gasteiger partial charge in [0.15, 0.2) is 0 Å². The van der Waals surface area contributed by atoms with Crippen molar-refractivity contribution in [1.29, 1.82) is 0 Å². The van der Waals surface area contributed by atoms with Crippen LogP contribution in [0.4, 0.5) is 10.1 Å². The molecule has 1 atom stereocenters. The van der Waals surface area contributed by atoms with E-state index in [0.717, 1.165) is 34.5 Å². The predicted molar refractivity (Wildman–Crippen MR) is 137 cm³/mol. The first-order valence-corrected chi connectivity index (χ1v) is 13.7. The molecular weight excluding hydrogens is 469 g/mol. The predicted octanol–water partition coefficient (Wildman–Crippen LogP) is 4.01. The lowest BCUT2D eigenvalue weighted by atomic mass is 10.1. The molecule has 7 nitrogen and oxygen atoms in total. The maximum Gasteiger partial charge on any atom is 0.242 e. The van der Waals surface area contributed by atoms with E-state index >= 15 is 0 Å². The van der Waals surface area contributed by atoms with Crippen molar-refractivity contribution in [2.45, 2.75) is 59.0 Å². The van der Waals surface area contributed by atoms with Gasteiger partial charge in [0.2, 0.25) is 21.8 Å². The molecular formula is C26H36FN3O4S. The summed E-state index contributed by atoms with van der Waals surface area (Å²) in [5.74, 6) is -0.922. The third-order valence-corrected chi connectivity index (χ3v) is 6.93. The van der Waals surface area contributed by atoms with Crippen LogP contribution in [0.5, 0.6) is 0 Å². The molecule has 9 heteroatoms. The van der Waals surface area contributed by atoms with Gasteiger partial charge in [-0.1, -0.05) is 43.2 Å². The Morgan fingerprint density at radius 3 is 2.23 bits per heavy atom. The number of benzene rings is 2. The Morgan fingerprint density at radius 1 is 1.03 bits per heavy atom. The van der Waals surface area contributed by atoms with Crippen LogP contribution in [0.25, 0.3) is 0 Å². The minimum absolute atomic E-state index is 0.0612. The molecule has 35 heavy (non-hydrogen) atoms. The first kappa shape index (κ1) is 28.3. The van der Waals surface area contributed by atoms with Gasteiger partial charge in [0.05, 0.1) is 11.9 Å². The molecule has 0 aromatic heterocycles. The van der Waals surface area contributed by atoms with Crippen LogP contribution in [0.15, 0.2) is 48.5 Å². The molecule has 2 rings (SSSR count). The zero-order chi connectivity index (χ0) is 26.0. The van der Waals surface area contributed by atoms with Crippen LogP contribution in [0.2, 0.25) is 0 Å². The SMILES string of the molecule is CCCCNC(=O)C(C)N(Cc1ccc(C)cc1)C(=O)CCCN(c1ccc(F)cc1)S(C)(=O)=O. The molecule has 0 radical (unpaired) electrons. The summed E-state index contributed by atoms with van der Waals surface area (Å²) < 4.78 is 39.0. The standard InChI is InChI=1S/C26H36FN3O4S/c1-5-6-17-28-26(32)21(3)29(19-22-11-9-20(2)10-12-22)25(31)8-7-18-30(35(4,33)34)24-15-13-23(27)14-16-24/h9-16,21H,5-8,17-19H2,1-4H3,(H,28,32). The number of nitrogens with one attached hydrogen (secondary N) is 1. The second-order valence-corrected chi connectivity index (χ2v) is 10.6. The number of unbranched alkanes of at least 4 members (excludes halogenated alkanes) is 1. The molecule has 0 aliphatic carbocycles. The summed E-state index contributed by atoms with van der Waals surface area (Å²) in [6.07, 6.45) is 3.19.